The molecule has 1 aromatic rings. The van der Waals surface area contributed by atoms with E-state index in [2.05, 4.69) is 15.0 Å². The lowest BCUT2D eigenvalue weighted by Gasteiger charge is -2.26. The van der Waals surface area contributed by atoms with Gasteiger partial charge in [-0.1, -0.05) is 12.1 Å². The van der Waals surface area contributed by atoms with Crippen LogP contribution in [0.2, 0.25) is 0 Å². The Morgan fingerprint density at radius 3 is 2.67 bits per heavy atom. The van der Waals surface area contributed by atoms with E-state index < -0.39 is 12.1 Å². The van der Waals surface area contributed by atoms with Gasteiger partial charge in [0.1, 0.15) is 6.54 Å². The lowest BCUT2D eigenvalue weighted by atomic mass is 10.3. The summed E-state index contributed by atoms with van der Waals surface area (Å²) in [7, 11) is 0. The number of halogens is 3. The highest BCUT2D eigenvalue weighted by atomic mass is 19.4. The molecule has 2 rings (SSSR count). The number of guanidine groups is 1. The largest absolute Gasteiger partial charge is 0.573 e. The molecule has 10 heteroatoms. The SMILES string of the molecule is NC(=NCC(=O)N1CCOCC1)Nc1ccccc1OC(F)(F)F. The molecule has 0 radical (unpaired) electrons. The maximum atomic E-state index is 12.3. The maximum absolute atomic E-state index is 12.3. The molecule has 3 N–H and O–H groups in total. The number of nitrogens with zero attached hydrogens (tertiary/aromatic N) is 2. The number of aliphatic imine (C=N–C) groups is 1. The third-order valence-corrected chi connectivity index (χ3v) is 3.12. The minimum atomic E-state index is -4.82. The van der Waals surface area contributed by atoms with Gasteiger partial charge in [-0.3, -0.25) is 4.79 Å². The van der Waals surface area contributed by atoms with Crippen molar-refractivity contribution >= 4 is 17.6 Å². The molecule has 24 heavy (non-hydrogen) atoms. The van der Waals surface area contributed by atoms with Crippen molar-refractivity contribution in [3.05, 3.63) is 24.3 Å². The summed E-state index contributed by atoms with van der Waals surface area (Å²) in [5.74, 6) is -0.861. The van der Waals surface area contributed by atoms with Crippen LogP contribution in [0.5, 0.6) is 5.75 Å². The Labute approximate surface area is 136 Å². The van der Waals surface area contributed by atoms with Crippen molar-refractivity contribution in [2.75, 3.05) is 38.2 Å². The predicted octanol–water partition coefficient (Wildman–Crippen LogP) is 1.17. The highest BCUT2D eigenvalue weighted by Crippen LogP contribution is 2.29. The average molecular weight is 346 g/mol. The summed E-state index contributed by atoms with van der Waals surface area (Å²) in [5.41, 5.74) is 5.62. The number of hydrogen-bond acceptors (Lipinski definition) is 4. The summed E-state index contributed by atoms with van der Waals surface area (Å²) >= 11 is 0. The molecule has 0 spiro atoms. The molecular weight excluding hydrogens is 329 g/mol. The first-order chi connectivity index (χ1) is 11.3. The van der Waals surface area contributed by atoms with Gasteiger partial charge in [-0.25, -0.2) is 4.99 Å². The highest BCUT2D eigenvalue weighted by molar-refractivity contribution is 5.95. The smallest absolute Gasteiger partial charge is 0.404 e. The van der Waals surface area contributed by atoms with Crippen molar-refractivity contribution in [3.63, 3.8) is 0 Å². The molecule has 1 saturated heterocycles. The van der Waals surface area contributed by atoms with E-state index in [0.717, 1.165) is 6.07 Å². The van der Waals surface area contributed by atoms with Crippen LogP contribution in [0.3, 0.4) is 0 Å². The van der Waals surface area contributed by atoms with Crippen molar-refractivity contribution < 1.29 is 27.4 Å². The van der Waals surface area contributed by atoms with Crippen molar-refractivity contribution in [1.82, 2.24) is 4.90 Å². The Bertz CT molecular complexity index is 601. The fourth-order valence-electron chi connectivity index (χ4n) is 2.03. The summed E-state index contributed by atoms with van der Waals surface area (Å²) in [4.78, 5) is 17.3. The third-order valence-electron chi connectivity index (χ3n) is 3.12. The number of rotatable bonds is 4. The molecule has 0 saturated carbocycles. The zero-order chi connectivity index (χ0) is 17.6. The molecule has 1 aliphatic heterocycles. The summed E-state index contributed by atoms with van der Waals surface area (Å²) in [6, 6.07) is 5.40. The van der Waals surface area contributed by atoms with E-state index in [9.17, 15) is 18.0 Å². The van der Waals surface area contributed by atoms with Crippen LogP contribution in [0.15, 0.2) is 29.3 Å². The molecule has 0 bridgehead atoms. The molecule has 1 fully saturated rings. The number of hydrogen-bond donors (Lipinski definition) is 2. The van der Waals surface area contributed by atoms with Crippen LogP contribution in [-0.2, 0) is 9.53 Å². The number of amides is 1. The number of nitrogens with two attached hydrogens (primary N) is 1. The topological polar surface area (TPSA) is 89.2 Å². The number of carbonyl (C=O) groups excluding carboxylic acids is 1. The zero-order valence-corrected chi connectivity index (χ0v) is 12.7. The summed E-state index contributed by atoms with van der Waals surface area (Å²) in [5, 5.41) is 2.50. The number of benzene rings is 1. The van der Waals surface area contributed by atoms with E-state index in [1.165, 1.54) is 18.2 Å². The van der Waals surface area contributed by atoms with E-state index in [0.29, 0.717) is 26.3 Å². The summed E-state index contributed by atoms with van der Waals surface area (Å²) in [6.07, 6.45) is -4.82. The number of anilines is 1. The minimum Gasteiger partial charge on any atom is -0.404 e. The number of para-hydroxylation sites is 2. The molecule has 1 aliphatic rings. The first-order valence-corrected chi connectivity index (χ1v) is 7.12. The van der Waals surface area contributed by atoms with Crippen LogP contribution in [0, 0.1) is 0 Å². The zero-order valence-electron chi connectivity index (χ0n) is 12.7. The fourth-order valence-corrected chi connectivity index (χ4v) is 2.03. The molecule has 0 aliphatic carbocycles. The Balaban J connectivity index is 1.96. The van der Waals surface area contributed by atoms with Crippen molar-refractivity contribution in [2.24, 2.45) is 10.7 Å². The Morgan fingerprint density at radius 1 is 1.33 bits per heavy atom. The van der Waals surface area contributed by atoms with Gasteiger partial charge < -0.3 is 25.4 Å². The van der Waals surface area contributed by atoms with Gasteiger partial charge in [-0.15, -0.1) is 13.2 Å². The first kappa shape index (κ1) is 17.9. The van der Waals surface area contributed by atoms with Gasteiger partial charge in [0.25, 0.3) is 0 Å². The maximum Gasteiger partial charge on any atom is 0.573 e. The van der Waals surface area contributed by atoms with E-state index >= 15 is 0 Å². The minimum absolute atomic E-state index is 0.00473. The van der Waals surface area contributed by atoms with E-state index in [4.69, 9.17) is 10.5 Å². The fraction of sp³-hybridized carbons (Fsp3) is 0.429. The van der Waals surface area contributed by atoms with E-state index in [1.54, 1.807) is 4.90 Å². The number of carbonyl (C=O) groups is 1. The first-order valence-electron chi connectivity index (χ1n) is 7.12. The van der Waals surface area contributed by atoms with Crippen LogP contribution in [0.1, 0.15) is 0 Å². The lowest BCUT2D eigenvalue weighted by Crippen LogP contribution is -2.42. The Kier molecular flexibility index (Phi) is 5.85. The highest BCUT2D eigenvalue weighted by Gasteiger charge is 2.32. The molecule has 7 nitrogen and oxygen atoms in total. The molecule has 132 valence electrons. The van der Waals surface area contributed by atoms with Crippen molar-refractivity contribution in [2.45, 2.75) is 6.36 Å². The molecule has 1 heterocycles. The van der Waals surface area contributed by atoms with E-state index in [-0.39, 0.29) is 24.1 Å². The summed E-state index contributed by atoms with van der Waals surface area (Å²) < 4.78 is 46.1. The van der Waals surface area contributed by atoms with Gasteiger partial charge in [0.15, 0.2) is 11.7 Å². The van der Waals surface area contributed by atoms with Crippen molar-refractivity contribution in [1.29, 1.82) is 0 Å². The van der Waals surface area contributed by atoms with Crippen LogP contribution >= 0.6 is 0 Å². The standard InChI is InChI=1S/C14H17F3N4O3/c15-14(16,17)24-11-4-2-1-3-10(11)20-13(18)19-9-12(22)21-5-7-23-8-6-21/h1-4H,5-9H2,(H3,18,19,20). The molecule has 0 unspecified atom stereocenters. The van der Waals surface area contributed by atoms with Gasteiger partial charge in [0, 0.05) is 13.1 Å². The second-order valence-electron chi connectivity index (χ2n) is 4.86. The summed E-state index contributed by atoms with van der Waals surface area (Å²) in [6.45, 7) is 1.67. The Morgan fingerprint density at radius 2 is 2.00 bits per heavy atom. The van der Waals surface area contributed by atoms with E-state index in [1.807, 2.05) is 0 Å². The number of morpholine rings is 1. The molecular formula is C14H17F3N4O3. The van der Waals surface area contributed by atoms with Crippen LogP contribution in [0.4, 0.5) is 18.9 Å². The number of nitrogens with one attached hydrogen (secondary N) is 1. The second kappa shape index (κ2) is 7.86. The monoisotopic (exact) mass is 346 g/mol. The molecule has 0 atom stereocenters. The third kappa shape index (κ3) is 5.61. The van der Waals surface area contributed by atoms with Gasteiger partial charge in [0.2, 0.25) is 5.91 Å². The van der Waals surface area contributed by atoms with Crippen molar-refractivity contribution in [3.8, 4) is 5.75 Å². The van der Waals surface area contributed by atoms with Gasteiger partial charge in [-0.2, -0.15) is 0 Å². The second-order valence-corrected chi connectivity index (χ2v) is 4.86. The van der Waals surface area contributed by atoms with Crippen LogP contribution < -0.4 is 15.8 Å². The van der Waals surface area contributed by atoms with Crippen LogP contribution in [0.25, 0.3) is 0 Å². The quantitative estimate of drug-likeness (QED) is 0.631. The molecule has 1 aromatic carbocycles. The molecule has 0 aromatic heterocycles. The molecule has 1 amide bonds. The van der Waals surface area contributed by atoms with Gasteiger partial charge in [-0.05, 0) is 12.1 Å². The average Bonchev–Trinajstić information content (AvgIpc) is 2.54. The number of alkyl halides is 3. The van der Waals surface area contributed by atoms with Gasteiger partial charge >= 0.3 is 6.36 Å². The predicted molar refractivity (Wildman–Crippen MR) is 80.6 cm³/mol. The number of ether oxygens (including phenoxy) is 2. The van der Waals surface area contributed by atoms with Gasteiger partial charge in [0.05, 0.1) is 18.9 Å². The lowest BCUT2D eigenvalue weighted by molar-refractivity contribution is -0.274. The Hall–Kier alpha value is -2.49. The van der Waals surface area contributed by atoms with Crippen LogP contribution in [-0.4, -0.2) is 56.0 Å². The normalized spacial score (nSPS) is 16.0.